The molecule has 156 valence electrons. The minimum Gasteiger partial charge on any atom is -1.00 e. The average Bonchev–Trinajstić information content (AvgIpc) is 2.84. The van der Waals surface area contributed by atoms with Crippen LogP contribution in [0.3, 0.4) is 0 Å². The predicted molar refractivity (Wildman–Crippen MR) is 101 cm³/mol. The van der Waals surface area contributed by atoms with Gasteiger partial charge in [-0.15, -0.1) is 0 Å². The van der Waals surface area contributed by atoms with E-state index in [1.807, 2.05) is 0 Å². The van der Waals surface area contributed by atoms with Gasteiger partial charge in [-0.2, -0.15) is 0 Å². The summed E-state index contributed by atoms with van der Waals surface area (Å²) in [6.45, 7) is 4.48. The molecule has 7 heteroatoms. The molecule has 3 fully saturated rings. The standard InChI is InChI=1S/C22H29FO5.Na.H/c1-12-8-16-15-5-4-13-9-14(25)6-7-19(13,2)21(15,23)17(26)10-20(16,3)22(12,28)18(27)11-24;;/h6-7,9,12,15-17,24,26,28H,4-5,8,10-11H2,1-3H3;;/q;+1;-1/t12-,15+,16+,17+,19+,20+,21+,22+;;/m1../s1. The molecule has 0 aliphatic heterocycles. The second kappa shape index (κ2) is 7.07. The van der Waals surface area contributed by atoms with Gasteiger partial charge in [0, 0.05) is 16.7 Å². The van der Waals surface area contributed by atoms with Crippen LogP contribution >= 0.6 is 0 Å². The number of rotatable bonds is 2. The zero-order valence-corrected chi connectivity index (χ0v) is 19.6. The number of halogens is 1. The van der Waals surface area contributed by atoms with Gasteiger partial charge < -0.3 is 16.7 Å². The molecule has 29 heavy (non-hydrogen) atoms. The fourth-order valence-corrected chi connectivity index (χ4v) is 7.26. The Balaban J connectivity index is 0.00000160. The van der Waals surface area contributed by atoms with Gasteiger partial charge in [0.1, 0.15) is 12.2 Å². The minimum atomic E-state index is -1.98. The van der Waals surface area contributed by atoms with Crippen LogP contribution in [-0.4, -0.2) is 50.9 Å². The number of carbonyl (C=O) groups excluding carboxylic acids is 2. The van der Waals surface area contributed by atoms with Gasteiger partial charge in [0.05, 0.1) is 6.10 Å². The van der Waals surface area contributed by atoms with Crippen molar-refractivity contribution in [3.05, 3.63) is 23.8 Å². The SMILES string of the molecule is C[C@@H]1C[C@H]2[C@@H]3CCC4=CC(=O)C=C[C@]4(C)[C@@]3(F)[C@@H](O)C[C@]2(C)[C@@]1(O)C(=O)CO.[H-].[Na+]. The van der Waals surface area contributed by atoms with Gasteiger partial charge in [-0.25, -0.2) is 4.39 Å². The van der Waals surface area contributed by atoms with E-state index in [9.17, 15) is 24.9 Å². The summed E-state index contributed by atoms with van der Waals surface area (Å²) in [6.07, 6.45) is 4.44. The Bertz CT molecular complexity index is 817. The van der Waals surface area contributed by atoms with Crippen LogP contribution in [0, 0.1) is 28.6 Å². The first-order valence-electron chi connectivity index (χ1n) is 10.1. The van der Waals surface area contributed by atoms with Crippen LogP contribution in [-0.2, 0) is 9.59 Å². The van der Waals surface area contributed by atoms with Crippen LogP contribution in [0.15, 0.2) is 23.8 Å². The van der Waals surface area contributed by atoms with E-state index in [-0.39, 0.29) is 49.1 Å². The number of fused-ring (bicyclic) bond motifs is 5. The normalized spacial score (nSPS) is 50.7. The van der Waals surface area contributed by atoms with Crippen LogP contribution in [0.5, 0.6) is 0 Å². The summed E-state index contributed by atoms with van der Waals surface area (Å²) < 4.78 is 16.9. The maximum Gasteiger partial charge on any atom is 1.00 e. The van der Waals surface area contributed by atoms with Gasteiger partial charge in [0.15, 0.2) is 17.2 Å². The predicted octanol–water partition coefficient (Wildman–Crippen LogP) is -0.988. The van der Waals surface area contributed by atoms with Crippen LogP contribution < -0.4 is 29.6 Å². The molecule has 4 rings (SSSR count). The van der Waals surface area contributed by atoms with Crippen LogP contribution in [0.2, 0.25) is 0 Å². The molecule has 4 aliphatic rings. The summed E-state index contributed by atoms with van der Waals surface area (Å²) in [5.41, 5.74) is -5.17. The molecule has 5 nitrogen and oxygen atoms in total. The van der Waals surface area contributed by atoms with Crippen molar-refractivity contribution in [2.24, 2.45) is 28.6 Å². The summed E-state index contributed by atoms with van der Waals surface area (Å²) in [6, 6.07) is 0. The molecule has 0 amide bonds. The van der Waals surface area contributed by atoms with Gasteiger partial charge in [0.2, 0.25) is 0 Å². The number of aliphatic hydroxyl groups excluding tert-OH is 2. The molecule has 0 aromatic heterocycles. The van der Waals surface area contributed by atoms with Crippen molar-refractivity contribution < 1.29 is 60.3 Å². The summed E-state index contributed by atoms with van der Waals surface area (Å²) >= 11 is 0. The van der Waals surface area contributed by atoms with Crippen molar-refractivity contribution in [3.8, 4) is 0 Å². The van der Waals surface area contributed by atoms with Crippen molar-refractivity contribution in [1.29, 1.82) is 0 Å². The smallest absolute Gasteiger partial charge is 1.00 e. The molecule has 8 atom stereocenters. The Morgan fingerprint density at radius 1 is 1.34 bits per heavy atom. The van der Waals surface area contributed by atoms with E-state index in [1.54, 1.807) is 26.8 Å². The molecule has 0 aromatic rings. The van der Waals surface area contributed by atoms with E-state index < -0.39 is 52.4 Å². The molecular weight excluding hydrogens is 386 g/mol. The average molecular weight is 416 g/mol. The second-order valence-corrected chi connectivity index (χ2v) is 9.75. The van der Waals surface area contributed by atoms with Crippen molar-refractivity contribution in [3.63, 3.8) is 0 Å². The number of hydrogen-bond donors (Lipinski definition) is 3. The third-order valence-electron chi connectivity index (χ3n) is 8.79. The third-order valence-corrected chi connectivity index (χ3v) is 8.79. The van der Waals surface area contributed by atoms with E-state index in [0.717, 1.165) is 0 Å². The third kappa shape index (κ3) is 2.60. The minimum absolute atomic E-state index is 0. The van der Waals surface area contributed by atoms with E-state index in [4.69, 9.17) is 0 Å². The Hall–Kier alpha value is -0.370. The van der Waals surface area contributed by atoms with Crippen molar-refractivity contribution >= 4 is 11.6 Å². The Morgan fingerprint density at radius 3 is 2.62 bits per heavy atom. The first-order chi connectivity index (χ1) is 13.0. The van der Waals surface area contributed by atoms with E-state index in [0.29, 0.717) is 24.8 Å². The van der Waals surface area contributed by atoms with Gasteiger partial charge in [-0.05, 0) is 56.6 Å². The number of Topliss-reactive ketones (excluding diaryl/α,β-unsaturated/α-hetero) is 1. The molecule has 0 unspecified atom stereocenters. The fourth-order valence-electron chi connectivity index (χ4n) is 7.26. The molecule has 0 saturated heterocycles. The molecular formula is C22H30FNaO5. The molecule has 0 aromatic carbocycles. The van der Waals surface area contributed by atoms with Gasteiger partial charge in [-0.3, -0.25) is 9.59 Å². The molecule has 0 heterocycles. The van der Waals surface area contributed by atoms with Gasteiger partial charge in [-0.1, -0.05) is 25.5 Å². The zero-order chi connectivity index (χ0) is 20.7. The second-order valence-electron chi connectivity index (χ2n) is 9.75. The van der Waals surface area contributed by atoms with Crippen LogP contribution in [0.1, 0.15) is 47.9 Å². The first-order valence-corrected chi connectivity index (χ1v) is 10.1. The number of carbonyl (C=O) groups is 2. The van der Waals surface area contributed by atoms with Crippen LogP contribution in [0.25, 0.3) is 0 Å². The Labute approximate surface area is 194 Å². The first kappa shape index (κ1) is 23.3. The fraction of sp³-hybridized carbons (Fsp3) is 0.727. The number of aliphatic hydroxyl groups is 3. The Morgan fingerprint density at radius 2 is 2.00 bits per heavy atom. The number of ketones is 2. The largest absolute Gasteiger partial charge is 1.00 e. The van der Waals surface area contributed by atoms with E-state index in [1.165, 1.54) is 12.2 Å². The molecule has 3 saturated carbocycles. The number of alkyl halides is 1. The van der Waals surface area contributed by atoms with Crippen molar-refractivity contribution in [2.75, 3.05) is 6.61 Å². The molecule has 0 bridgehead atoms. The van der Waals surface area contributed by atoms with Crippen molar-refractivity contribution in [1.82, 2.24) is 0 Å². The Kier molecular flexibility index (Phi) is 5.68. The number of hydrogen-bond acceptors (Lipinski definition) is 5. The summed E-state index contributed by atoms with van der Waals surface area (Å²) in [7, 11) is 0. The van der Waals surface area contributed by atoms with Gasteiger partial charge in [0.25, 0.3) is 0 Å². The quantitative estimate of drug-likeness (QED) is 0.503. The maximum atomic E-state index is 16.9. The summed E-state index contributed by atoms with van der Waals surface area (Å²) in [5, 5.41) is 32.0. The monoisotopic (exact) mass is 416 g/mol. The molecule has 0 radical (unpaired) electrons. The maximum absolute atomic E-state index is 16.9. The zero-order valence-electron chi connectivity index (χ0n) is 18.6. The molecule has 4 aliphatic carbocycles. The van der Waals surface area contributed by atoms with E-state index in [2.05, 4.69) is 0 Å². The van der Waals surface area contributed by atoms with Gasteiger partial charge >= 0.3 is 29.6 Å². The summed E-state index contributed by atoms with van der Waals surface area (Å²) in [4.78, 5) is 24.4. The molecule has 3 N–H and O–H groups in total. The summed E-state index contributed by atoms with van der Waals surface area (Å²) in [5.74, 6) is -2.12. The van der Waals surface area contributed by atoms with Crippen LogP contribution in [0.4, 0.5) is 4.39 Å². The van der Waals surface area contributed by atoms with Crippen molar-refractivity contribution in [2.45, 2.75) is 63.8 Å². The number of allylic oxidation sites excluding steroid dienone is 4. The topological polar surface area (TPSA) is 94.8 Å². The van der Waals surface area contributed by atoms with E-state index >= 15 is 4.39 Å². The molecule has 0 spiro atoms.